The van der Waals surface area contributed by atoms with Crippen LogP contribution in [0.1, 0.15) is 24.4 Å². The van der Waals surface area contributed by atoms with Crippen molar-refractivity contribution in [2.45, 2.75) is 18.9 Å². The Kier molecular flexibility index (Phi) is 7.79. The number of allylic oxidation sites excluding steroid dienone is 5. The number of nitrogens with zero attached hydrogens (tertiary/aromatic N) is 2. The number of alkyl halides is 1. The van der Waals surface area contributed by atoms with Crippen molar-refractivity contribution in [3.8, 4) is 0 Å². The second-order valence-corrected chi connectivity index (χ2v) is 9.41. The summed E-state index contributed by atoms with van der Waals surface area (Å²) in [5.41, 5.74) is 3.33. The summed E-state index contributed by atoms with van der Waals surface area (Å²) in [6.45, 7) is 1.07. The van der Waals surface area contributed by atoms with E-state index in [0.29, 0.717) is 46.7 Å². The van der Waals surface area contributed by atoms with Crippen molar-refractivity contribution >= 4 is 46.4 Å². The van der Waals surface area contributed by atoms with Gasteiger partial charge in [0.1, 0.15) is 6.67 Å². The molecule has 1 unspecified atom stereocenters. The third kappa shape index (κ3) is 5.63. The smallest absolute Gasteiger partial charge is 0.226 e. The van der Waals surface area contributed by atoms with Gasteiger partial charge in [0.05, 0.1) is 16.8 Å². The summed E-state index contributed by atoms with van der Waals surface area (Å²) < 4.78 is 13.5. The molecule has 0 spiro atoms. The van der Waals surface area contributed by atoms with Crippen molar-refractivity contribution in [2.24, 2.45) is 0 Å². The number of benzene rings is 2. The molecule has 0 bridgehead atoms. The SMILES string of the molecule is O=C(CC1=C(CF)C=CC=CC1)N1CCN(c2ccc(Cl)cc2Cl)C(c2ccc(Cl)cc2)C1. The van der Waals surface area contributed by atoms with Crippen molar-refractivity contribution < 1.29 is 9.18 Å². The molecule has 1 aliphatic carbocycles. The van der Waals surface area contributed by atoms with Crippen LogP contribution in [-0.4, -0.2) is 37.1 Å². The van der Waals surface area contributed by atoms with Gasteiger partial charge in [-0.1, -0.05) is 76.8 Å². The number of rotatable bonds is 5. The van der Waals surface area contributed by atoms with E-state index in [2.05, 4.69) is 4.90 Å². The van der Waals surface area contributed by atoms with E-state index in [1.807, 2.05) is 59.5 Å². The van der Waals surface area contributed by atoms with E-state index in [9.17, 15) is 9.18 Å². The molecule has 0 N–H and O–H groups in total. The molecule has 1 amide bonds. The van der Waals surface area contributed by atoms with E-state index in [1.54, 1.807) is 12.1 Å². The van der Waals surface area contributed by atoms with Gasteiger partial charge < -0.3 is 9.80 Å². The Bertz CT molecular complexity index is 1110. The summed E-state index contributed by atoms with van der Waals surface area (Å²) in [6, 6.07) is 13.0. The molecule has 2 aliphatic rings. The molecule has 0 radical (unpaired) electrons. The van der Waals surface area contributed by atoms with Gasteiger partial charge in [-0.2, -0.15) is 0 Å². The zero-order chi connectivity index (χ0) is 23.4. The minimum absolute atomic E-state index is 0.000432. The number of hydrogen-bond acceptors (Lipinski definition) is 2. The topological polar surface area (TPSA) is 23.6 Å². The van der Waals surface area contributed by atoms with Crippen LogP contribution in [0.15, 0.2) is 77.9 Å². The van der Waals surface area contributed by atoms with Gasteiger partial charge in [0, 0.05) is 36.1 Å². The van der Waals surface area contributed by atoms with Crippen LogP contribution in [0, 0.1) is 0 Å². The monoisotopic (exact) mass is 504 g/mol. The summed E-state index contributed by atoms with van der Waals surface area (Å²) in [5.74, 6) is 0.000432. The summed E-state index contributed by atoms with van der Waals surface area (Å²) >= 11 is 18.8. The van der Waals surface area contributed by atoms with Crippen molar-refractivity contribution in [1.29, 1.82) is 0 Å². The molecule has 172 valence electrons. The Morgan fingerprint density at radius 2 is 1.76 bits per heavy atom. The molecule has 7 heteroatoms. The van der Waals surface area contributed by atoms with Gasteiger partial charge in [0.15, 0.2) is 0 Å². The maximum atomic E-state index is 13.5. The number of hydrogen-bond donors (Lipinski definition) is 0. The number of amides is 1. The summed E-state index contributed by atoms with van der Waals surface area (Å²) in [7, 11) is 0. The molecule has 1 heterocycles. The highest BCUT2D eigenvalue weighted by Gasteiger charge is 2.32. The van der Waals surface area contributed by atoms with Crippen molar-refractivity contribution in [1.82, 2.24) is 4.90 Å². The van der Waals surface area contributed by atoms with Crippen LogP contribution < -0.4 is 4.90 Å². The molecule has 0 saturated carbocycles. The number of piperazine rings is 1. The first-order valence-electron chi connectivity index (χ1n) is 10.8. The number of anilines is 1. The molecule has 1 aliphatic heterocycles. The van der Waals surface area contributed by atoms with Crippen LogP contribution in [0.5, 0.6) is 0 Å². The molecule has 33 heavy (non-hydrogen) atoms. The van der Waals surface area contributed by atoms with E-state index in [4.69, 9.17) is 34.8 Å². The highest BCUT2D eigenvalue weighted by Crippen LogP contribution is 2.37. The Morgan fingerprint density at radius 1 is 1.00 bits per heavy atom. The normalized spacial score (nSPS) is 18.6. The van der Waals surface area contributed by atoms with E-state index in [1.165, 1.54) is 0 Å². The van der Waals surface area contributed by atoms with Gasteiger partial charge in [0.2, 0.25) is 5.91 Å². The minimum Gasteiger partial charge on any atom is -0.360 e. The van der Waals surface area contributed by atoms with Crippen LogP contribution in [0.2, 0.25) is 15.1 Å². The zero-order valence-corrected chi connectivity index (χ0v) is 20.3. The van der Waals surface area contributed by atoms with Crippen LogP contribution in [-0.2, 0) is 4.79 Å². The van der Waals surface area contributed by atoms with Crippen LogP contribution in [0.3, 0.4) is 0 Å². The van der Waals surface area contributed by atoms with Gasteiger partial charge in [0.25, 0.3) is 0 Å². The Morgan fingerprint density at radius 3 is 2.48 bits per heavy atom. The zero-order valence-electron chi connectivity index (χ0n) is 18.0. The fourth-order valence-corrected chi connectivity index (χ4v) is 4.95. The molecule has 1 atom stereocenters. The number of carbonyl (C=O) groups is 1. The first-order chi connectivity index (χ1) is 16.0. The average Bonchev–Trinajstić information content (AvgIpc) is 3.04. The van der Waals surface area contributed by atoms with E-state index in [0.717, 1.165) is 16.8 Å². The second kappa shape index (κ2) is 10.8. The predicted octanol–water partition coefficient (Wildman–Crippen LogP) is 7.21. The van der Waals surface area contributed by atoms with E-state index >= 15 is 0 Å². The maximum absolute atomic E-state index is 13.5. The molecular formula is C26H24Cl3FN2O. The van der Waals surface area contributed by atoms with E-state index in [-0.39, 0.29) is 18.4 Å². The molecule has 1 fully saturated rings. The van der Waals surface area contributed by atoms with E-state index < -0.39 is 6.67 Å². The third-order valence-electron chi connectivity index (χ3n) is 6.08. The molecule has 2 aromatic rings. The lowest BCUT2D eigenvalue weighted by atomic mass is 9.99. The lowest BCUT2D eigenvalue weighted by molar-refractivity contribution is -0.131. The molecule has 4 rings (SSSR count). The Labute approximate surface area is 208 Å². The molecular weight excluding hydrogens is 482 g/mol. The summed E-state index contributed by atoms with van der Waals surface area (Å²) in [4.78, 5) is 17.3. The highest BCUT2D eigenvalue weighted by atomic mass is 35.5. The van der Waals surface area contributed by atoms with Crippen LogP contribution in [0.25, 0.3) is 0 Å². The standard InChI is InChI=1S/C26H24Cl3FN2O/c27-21-8-6-18(7-9-21)25-17-31(12-13-32(25)24-11-10-22(28)15-23(24)29)26(33)14-19-4-2-1-3-5-20(19)16-30/h1-3,5-11,15,25H,4,12-14,16-17H2. The average molecular weight is 506 g/mol. The molecule has 1 saturated heterocycles. The summed E-state index contributed by atoms with van der Waals surface area (Å²) in [6.07, 6.45) is 8.21. The quantitative estimate of drug-likeness (QED) is 0.429. The Balaban J connectivity index is 1.60. The third-order valence-corrected chi connectivity index (χ3v) is 6.87. The van der Waals surface area contributed by atoms with Crippen molar-refractivity contribution in [3.63, 3.8) is 0 Å². The largest absolute Gasteiger partial charge is 0.360 e. The van der Waals surface area contributed by atoms with Crippen molar-refractivity contribution in [2.75, 3.05) is 31.2 Å². The second-order valence-electron chi connectivity index (χ2n) is 8.13. The molecule has 2 aromatic carbocycles. The van der Waals surface area contributed by atoms with Gasteiger partial charge in [-0.15, -0.1) is 0 Å². The van der Waals surface area contributed by atoms with Crippen LogP contribution in [0.4, 0.5) is 10.1 Å². The lowest BCUT2D eigenvalue weighted by Gasteiger charge is -2.43. The number of carbonyl (C=O) groups excluding carboxylic acids is 1. The van der Waals surface area contributed by atoms with Gasteiger partial charge in [-0.05, 0) is 47.9 Å². The van der Waals surface area contributed by atoms with Crippen molar-refractivity contribution in [3.05, 3.63) is 98.5 Å². The first kappa shape index (κ1) is 23.9. The number of halogens is 4. The molecule has 0 aromatic heterocycles. The fraction of sp³-hybridized carbons (Fsp3) is 0.269. The first-order valence-corrected chi connectivity index (χ1v) is 11.9. The summed E-state index contributed by atoms with van der Waals surface area (Å²) in [5, 5.41) is 1.79. The van der Waals surface area contributed by atoms with Crippen LogP contribution >= 0.6 is 34.8 Å². The minimum atomic E-state index is -0.572. The maximum Gasteiger partial charge on any atom is 0.226 e. The van der Waals surface area contributed by atoms with Gasteiger partial charge in [-0.3, -0.25) is 4.79 Å². The molecule has 3 nitrogen and oxygen atoms in total. The predicted molar refractivity (Wildman–Crippen MR) is 135 cm³/mol. The highest BCUT2D eigenvalue weighted by molar-refractivity contribution is 6.36. The van der Waals surface area contributed by atoms with Gasteiger partial charge in [-0.25, -0.2) is 4.39 Å². The van der Waals surface area contributed by atoms with Gasteiger partial charge >= 0.3 is 0 Å². The Hall–Kier alpha value is -2.27. The lowest BCUT2D eigenvalue weighted by Crippen LogP contribution is -2.50. The fourth-order valence-electron chi connectivity index (χ4n) is 4.31.